The van der Waals surface area contributed by atoms with Gasteiger partial charge >= 0.3 is 6.03 Å². The maximum absolute atomic E-state index is 13.6. The van der Waals surface area contributed by atoms with E-state index in [1.54, 1.807) is 0 Å². The highest BCUT2D eigenvalue weighted by Crippen LogP contribution is 2.42. The van der Waals surface area contributed by atoms with Crippen molar-refractivity contribution in [3.05, 3.63) is 41.0 Å². The molecule has 4 rings (SSSR count). The highest BCUT2D eigenvalue weighted by molar-refractivity contribution is 5.84. The van der Waals surface area contributed by atoms with Crippen LogP contribution in [-0.4, -0.2) is 53.5 Å². The van der Waals surface area contributed by atoms with Crippen LogP contribution in [0.2, 0.25) is 0 Å². The van der Waals surface area contributed by atoms with Crippen LogP contribution in [0.1, 0.15) is 77.3 Å². The van der Waals surface area contributed by atoms with Gasteiger partial charge in [-0.3, -0.25) is 4.79 Å². The summed E-state index contributed by atoms with van der Waals surface area (Å²) in [5.41, 5.74) is 5.60. The number of urea groups is 1. The third-order valence-electron chi connectivity index (χ3n) is 7.72. The van der Waals surface area contributed by atoms with Gasteiger partial charge in [-0.05, 0) is 93.9 Å². The van der Waals surface area contributed by atoms with Gasteiger partial charge in [0.1, 0.15) is 0 Å². The molecule has 3 aliphatic rings. The molecule has 5 nitrogen and oxygen atoms in total. The highest BCUT2D eigenvalue weighted by Gasteiger charge is 2.38. The van der Waals surface area contributed by atoms with Crippen molar-refractivity contribution in [2.45, 2.75) is 84.2 Å². The Balaban J connectivity index is 1.33. The number of nitrogens with zero attached hydrogens (tertiary/aromatic N) is 2. The second-order valence-corrected chi connectivity index (χ2v) is 11.3. The Bertz CT molecular complexity index is 921. The molecule has 3 amide bonds. The first kappa shape index (κ1) is 23.8. The number of fused-ring (bicyclic) bond motifs is 2. The molecule has 1 fully saturated rings. The van der Waals surface area contributed by atoms with Gasteiger partial charge in [0.15, 0.2) is 0 Å². The third-order valence-corrected chi connectivity index (χ3v) is 7.72. The van der Waals surface area contributed by atoms with Gasteiger partial charge in [0.05, 0.1) is 6.04 Å². The van der Waals surface area contributed by atoms with Gasteiger partial charge in [0.25, 0.3) is 0 Å². The lowest BCUT2D eigenvalue weighted by Gasteiger charge is -2.40. The fourth-order valence-corrected chi connectivity index (χ4v) is 6.09. The summed E-state index contributed by atoms with van der Waals surface area (Å²) in [6.45, 7) is 9.84. The van der Waals surface area contributed by atoms with Crippen LogP contribution < -0.4 is 5.32 Å². The molecule has 1 unspecified atom stereocenters. The van der Waals surface area contributed by atoms with Crippen molar-refractivity contribution in [3.63, 3.8) is 0 Å². The molecule has 33 heavy (non-hydrogen) atoms. The van der Waals surface area contributed by atoms with Gasteiger partial charge in [-0.2, -0.15) is 0 Å². The van der Waals surface area contributed by atoms with Crippen molar-refractivity contribution < 1.29 is 9.59 Å². The zero-order valence-corrected chi connectivity index (χ0v) is 21.1. The number of nitrogens with one attached hydrogen (secondary N) is 1. The van der Waals surface area contributed by atoms with Crippen LogP contribution in [0.25, 0.3) is 5.57 Å². The highest BCUT2D eigenvalue weighted by atomic mass is 16.2. The number of benzene rings is 1. The second-order valence-electron chi connectivity index (χ2n) is 11.3. The summed E-state index contributed by atoms with van der Waals surface area (Å²) in [7, 11) is 1.88. The molecule has 2 aliphatic carbocycles. The minimum Gasteiger partial charge on any atom is -0.335 e. The molecule has 0 saturated heterocycles. The largest absolute Gasteiger partial charge is 0.335 e. The molecular formula is C28H41N3O2. The summed E-state index contributed by atoms with van der Waals surface area (Å²) in [6, 6.07) is 8.99. The Morgan fingerprint density at radius 1 is 1.12 bits per heavy atom. The van der Waals surface area contributed by atoms with E-state index in [0.717, 1.165) is 58.0 Å². The lowest BCUT2D eigenvalue weighted by atomic mass is 9.80. The third kappa shape index (κ3) is 5.12. The van der Waals surface area contributed by atoms with Crippen molar-refractivity contribution in [3.8, 4) is 0 Å². The number of rotatable bonds is 4. The lowest BCUT2D eigenvalue weighted by Crippen LogP contribution is -2.49. The predicted octanol–water partition coefficient (Wildman–Crippen LogP) is 5.25. The Morgan fingerprint density at radius 2 is 1.82 bits per heavy atom. The molecule has 0 aromatic heterocycles. The molecule has 5 heteroatoms. The van der Waals surface area contributed by atoms with E-state index < -0.39 is 0 Å². The summed E-state index contributed by atoms with van der Waals surface area (Å²) in [5.74, 6) is 0.975. The number of carbonyl (C=O) groups is 2. The van der Waals surface area contributed by atoms with E-state index in [0.29, 0.717) is 11.8 Å². The SMILES string of the molecule is CCC1C2=C(CCN1C(=O)C1CCC(CN(C)C(=O)NC(C)(C)C)CC1)c1ccccc1C2. The Morgan fingerprint density at radius 3 is 2.48 bits per heavy atom. The molecule has 1 N–H and O–H groups in total. The first-order valence-electron chi connectivity index (χ1n) is 12.8. The smallest absolute Gasteiger partial charge is 0.317 e. The van der Waals surface area contributed by atoms with Crippen LogP contribution in [0.3, 0.4) is 0 Å². The molecule has 0 radical (unpaired) electrons. The lowest BCUT2D eigenvalue weighted by molar-refractivity contribution is -0.138. The molecule has 1 aliphatic heterocycles. The van der Waals surface area contributed by atoms with E-state index in [1.165, 1.54) is 22.3 Å². The number of hydrogen-bond acceptors (Lipinski definition) is 2. The molecular weight excluding hydrogens is 410 g/mol. The van der Waals surface area contributed by atoms with Crippen LogP contribution in [0.15, 0.2) is 29.8 Å². The van der Waals surface area contributed by atoms with Gasteiger partial charge in [-0.1, -0.05) is 31.2 Å². The molecule has 0 spiro atoms. The van der Waals surface area contributed by atoms with Crippen molar-refractivity contribution in [2.75, 3.05) is 20.1 Å². The van der Waals surface area contributed by atoms with Gasteiger partial charge < -0.3 is 15.1 Å². The molecule has 1 aromatic carbocycles. The minimum absolute atomic E-state index is 0.0126. The van der Waals surface area contributed by atoms with Crippen molar-refractivity contribution >= 4 is 17.5 Å². The topological polar surface area (TPSA) is 52.7 Å². The fourth-order valence-electron chi connectivity index (χ4n) is 6.09. The maximum Gasteiger partial charge on any atom is 0.317 e. The molecule has 1 aromatic rings. The Hall–Kier alpha value is -2.30. The van der Waals surface area contributed by atoms with Crippen LogP contribution in [0.4, 0.5) is 4.79 Å². The van der Waals surface area contributed by atoms with E-state index in [-0.39, 0.29) is 23.5 Å². The summed E-state index contributed by atoms with van der Waals surface area (Å²) >= 11 is 0. The van der Waals surface area contributed by atoms with E-state index in [2.05, 4.69) is 41.4 Å². The monoisotopic (exact) mass is 451 g/mol. The molecule has 1 atom stereocenters. The average molecular weight is 452 g/mol. The molecule has 0 bridgehead atoms. The van der Waals surface area contributed by atoms with Crippen LogP contribution in [0, 0.1) is 11.8 Å². The zero-order valence-electron chi connectivity index (χ0n) is 21.1. The summed E-state index contributed by atoms with van der Waals surface area (Å²) < 4.78 is 0. The van der Waals surface area contributed by atoms with Crippen molar-refractivity contribution in [2.24, 2.45) is 11.8 Å². The summed E-state index contributed by atoms with van der Waals surface area (Å²) in [6.07, 6.45) is 6.90. The number of amides is 3. The Labute approximate surface area is 199 Å². The molecule has 180 valence electrons. The molecule has 1 heterocycles. The van der Waals surface area contributed by atoms with Gasteiger partial charge in [-0.25, -0.2) is 4.79 Å². The molecule has 1 saturated carbocycles. The van der Waals surface area contributed by atoms with Crippen molar-refractivity contribution in [1.82, 2.24) is 15.1 Å². The number of hydrogen-bond donors (Lipinski definition) is 1. The van der Waals surface area contributed by atoms with E-state index >= 15 is 0 Å². The standard InChI is InChI=1S/C28H41N3O2/c1-6-25-24-17-21-9-7-8-10-22(21)23(24)15-16-31(25)26(32)20-13-11-19(12-14-20)18-30(5)27(33)29-28(2,3)4/h7-10,19-20,25H,6,11-18H2,1-5H3,(H,29,33). The minimum atomic E-state index is -0.227. The summed E-state index contributed by atoms with van der Waals surface area (Å²) in [5, 5.41) is 3.04. The van der Waals surface area contributed by atoms with E-state index in [9.17, 15) is 9.59 Å². The van der Waals surface area contributed by atoms with Crippen LogP contribution in [-0.2, 0) is 11.2 Å². The summed E-state index contributed by atoms with van der Waals surface area (Å²) in [4.78, 5) is 30.0. The predicted molar refractivity (Wildman–Crippen MR) is 134 cm³/mol. The fraction of sp³-hybridized carbons (Fsp3) is 0.643. The quantitative estimate of drug-likeness (QED) is 0.679. The average Bonchev–Trinajstić information content (AvgIpc) is 3.16. The van der Waals surface area contributed by atoms with E-state index in [4.69, 9.17) is 0 Å². The van der Waals surface area contributed by atoms with Gasteiger partial charge in [0, 0.05) is 31.6 Å². The zero-order chi connectivity index (χ0) is 23.8. The van der Waals surface area contributed by atoms with Gasteiger partial charge in [-0.15, -0.1) is 0 Å². The normalized spacial score (nSPS) is 24.9. The first-order valence-corrected chi connectivity index (χ1v) is 12.8. The van der Waals surface area contributed by atoms with Crippen molar-refractivity contribution in [1.29, 1.82) is 0 Å². The first-order chi connectivity index (χ1) is 15.7. The Kier molecular flexibility index (Phi) is 6.88. The second kappa shape index (κ2) is 9.52. The van der Waals surface area contributed by atoms with Crippen LogP contribution in [0.5, 0.6) is 0 Å². The van der Waals surface area contributed by atoms with Gasteiger partial charge in [0.2, 0.25) is 5.91 Å². The van der Waals surface area contributed by atoms with Crippen LogP contribution >= 0.6 is 0 Å². The number of carbonyl (C=O) groups excluding carboxylic acids is 2. The van der Waals surface area contributed by atoms with E-state index in [1.807, 2.05) is 32.7 Å². The maximum atomic E-state index is 13.6.